The molecule has 2 heterocycles. The average molecular weight is 215 g/mol. The summed E-state index contributed by atoms with van der Waals surface area (Å²) in [6.45, 7) is 3.88. The van der Waals surface area contributed by atoms with Gasteiger partial charge in [0.2, 0.25) is 0 Å². The number of fused-ring (bicyclic) bond motifs is 1. The summed E-state index contributed by atoms with van der Waals surface area (Å²) in [5, 5.41) is 3.06. The lowest BCUT2D eigenvalue weighted by molar-refractivity contribution is 1.12. The molecule has 5 nitrogen and oxygen atoms in total. The average Bonchev–Trinajstić information content (AvgIpc) is 2.71. The number of imidazole rings is 1. The predicted octanol–water partition coefficient (Wildman–Crippen LogP) is 2.26. The Morgan fingerprint density at radius 2 is 2.06 bits per heavy atom. The number of nitrogens with one attached hydrogen (secondary N) is 1. The van der Waals surface area contributed by atoms with E-state index in [1.807, 2.05) is 43.0 Å². The Hall–Kier alpha value is -2.17. The number of hydrogen-bond donors (Lipinski definition) is 1. The van der Waals surface area contributed by atoms with Crippen molar-refractivity contribution in [3.05, 3.63) is 31.0 Å². The third kappa shape index (κ3) is 1.79. The van der Waals surface area contributed by atoms with Crippen LogP contribution in [0.15, 0.2) is 31.0 Å². The molecule has 0 spiro atoms. The topological polar surface area (TPSA) is 55.6 Å². The molecule has 0 bridgehead atoms. The second-order valence-corrected chi connectivity index (χ2v) is 3.17. The quantitative estimate of drug-likeness (QED) is 0.853. The molecule has 0 amide bonds. The molecular weight excluding hydrogens is 202 g/mol. The highest BCUT2D eigenvalue weighted by atomic mass is 15.1. The van der Waals surface area contributed by atoms with Crippen molar-refractivity contribution >= 4 is 23.2 Å². The number of anilines is 1. The van der Waals surface area contributed by atoms with Crippen LogP contribution in [0.5, 0.6) is 0 Å². The van der Waals surface area contributed by atoms with Crippen LogP contribution in [-0.2, 0) is 0 Å². The van der Waals surface area contributed by atoms with Crippen molar-refractivity contribution in [2.24, 2.45) is 0 Å². The zero-order chi connectivity index (χ0) is 11.4. The lowest BCUT2D eigenvalue weighted by Gasteiger charge is -2.00. The summed E-state index contributed by atoms with van der Waals surface area (Å²) < 4.78 is 1.86. The van der Waals surface area contributed by atoms with Crippen LogP contribution >= 0.6 is 0 Å². The molecule has 0 aliphatic rings. The van der Waals surface area contributed by atoms with Gasteiger partial charge in [-0.3, -0.25) is 4.57 Å². The summed E-state index contributed by atoms with van der Waals surface area (Å²) in [6.07, 6.45) is 10.8. The molecule has 16 heavy (non-hydrogen) atoms. The first-order chi connectivity index (χ1) is 7.86. The summed E-state index contributed by atoms with van der Waals surface area (Å²) >= 11 is 0. The van der Waals surface area contributed by atoms with Crippen LogP contribution in [-0.4, -0.2) is 19.5 Å². The highest BCUT2D eigenvalue weighted by Gasteiger charge is 2.06. The number of allylic oxidation sites excluding steroid dienone is 2. The van der Waals surface area contributed by atoms with E-state index in [1.54, 1.807) is 6.33 Å². The Morgan fingerprint density at radius 3 is 2.81 bits per heavy atom. The molecule has 0 aliphatic heterocycles. The zero-order valence-corrected chi connectivity index (χ0v) is 9.25. The lowest BCUT2D eigenvalue weighted by atomic mass is 10.5. The molecule has 0 atom stereocenters. The molecule has 0 aromatic carbocycles. The molecule has 2 aromatic rings. The smallest absolute Gasteiger partial charge is 0.169 e. The van der Waals surface area contributed by atoms with Crippen molar-refractivity contribution in [2.75, 3.05) is 5.32 Å². The molecule has 0 fully saturated rings. The third-order valence-corrected chi connectivity index (χ3v) is 2.06. The van der Waals surface area contributed by atoms with E-state index in [-0.39, 0.29) is 0 Å². The van der Waals surface area contributed by atoms with E-state index >= 15 is 0 Å². The first-order valence-corrected chi connectivity index (χ1v) is 5.05. The first kappa shape index (κ1) is 10.4. The van der Waals surface area contributed by atoms with E-state index in [1.165, 1.54) is 6.33 Å². The van der Waals surface area contributed by atoms with E-state index in [0.29, 0.717) is 5.82 Å². The first-order valence-electron chi connectivity index (χ1n) is 5.05. The van der Waals surface area contributed by atoms with Crippen LogP contribution in [0.4, 0.5) is 5.82 Å². The molecule has 2 rings (SSSR count). The highest BCUT2D eigenvalue weighted by Crippen LogP contribution is 2.17. The molecule has 0 unspecified atom stereocenters. The minimum absolute atomic E-state index is 0.714. The van der Waals surface area contributed by atoms with Crippen LogP contribution in [0.2, 0.25) is 0 Å². The van der Waals surface area contributed by atoms with E-state index in [0.717, 1.165) is 11.2 Å². The monoisotopic (exact) mass is 215 g/mol. The van der Waals surface area contributed by atoms with Gasteiger partial charge in [0.1, 0.15) is 12.7 Å². The summed E-state index contributed by atoms with van der Waals surface area (Å²) in [5.41, 5.74) is 1.55. The largest absolute Gasteiger partial charge is 0.345 e. The van der Waals surface area contributed by atoms with E-state index in [4.69, 9.17) is 0 Å². The van der Waals surface area contributed by atoms with Gasteiger partial charge in [0, 0.05) is 6.20 Å². The number of rotatable bonds is 3. The SMILES string of the molecule is C/C=C\Nc1ncnc2c1ncn2/C=C/C. The molecule has 5 heteroatoms. The third-order valence-electron chi connectivity index (χ3n) is 2.06. The van der Waals surface area contributed by atoms with Crippen molar-refractivity contribution in [1.82, 2.24) is 19.5 Å². The second-order valence-electron chi connectivity index (χ2n) is 3.17. The standard InChI is InChI=1S/C11H13N5/c1-3-5-12-10-9-11(14-7-13-10)16(6-4-2)8-15-9/h3-8H,1-2H3,(H,12,13,14)/b5-3-,6-4+. The fourth-order valence-electron chi connectivity index (χ4n) is 1.39. The van der Waals surface area contributed by atoms with Gasteiger partial charge in [-0.25, -0.2) is 15.0 Å². The fraction of sp³-hybridized carbons (Fsp3) is 0.182. The van der Waals surface area contributed by atoms with Gasteiger partial charge in [-0.1, -0.05) is 12.2 Å². The molecule has 0 saturated heterocycles. The van der Waals surface area contributed by atoms with Gasteiger partial charge in [0.05, 0.1) is 0 Å². The van der Waals surface area contributed by atoms with Crippen molar-refractivity contribution in [1.29, 1.82) is 0 Å². The number of hydrogen-bond acceptors (Lipinski definition) is 4. The van der Waals surface area contributed by atoms with Crippen LogP contribution in [0.1, 0.15) is 13.8 Å². The van der Waals surface area contributed by atoms with Gasteiger partial charge >= 0.3 is 0 Å². The maximum absolute atomic E-state index is 4.28. The van der Waals surface area contributed by atoms with Gasteiger partial charge < -0.3 is 5.32 Å². The normalized spacial score (nSPS) is 11.9. The summed E-state index contributed by atoms with van der Waals surface area (Å²) in [5.74, 6) is 0.714. The van der Waals surface area contributed by atoms with Gasteiger partial charge in [-0.15, -0.1) is 0 Å². The van der Waals surface area contributed by atoms with Gasteiger partial charge in [-0.05, 0) is 20.0 Å². The summed E-state index contributed by atoms with van der Waals surface area (Å²) in [4.78, 5) is 12.6. The lowest BCUT2D eigenvalue weighted by Crippen LogP contribution is -1.95. The number of nitrogens with zero attached hydrogens (tertiary/aromatic N) is 4. The van der Waals surface area contributed by atoms with Crippen LogP contribution < -0.4 is 5.32 Å². The van der Waals surface area contributed by atoms with Gasteiger partial charge in [0.25, 0.3) is 0 Å². The fourth-order valence-corrected chi connectivity index (χ4v) is 1.39. The highest BCUT2D eigenvalue weighted by molar-refractivity contribution is 5.84. The Balaban J connectivity index is 2.52. The van der Waals surface area contributed by atoms with Crippen LogP contribution in [0.3, 0.4) is 0 Å². The van der Waals surface area contributed by atoms with E-state index < -0.39 is 0 Å². The van der Waals surface area contributed by atoms with Gasteiger partial charge in [-0.2, -0.15) is 0 Å². The predicted molar refractivity (Wildman–Crippen MR) is 64.8 cm³/mol. The summed E-state index contributed by atoms with van der Waals surface area (Å²) in [6, 6.07) is 0. The second kappa shape index (κ2) is 4.57. The minimum Gasteiger partial charge on any atom is -0.345 e. The van der Waals surface area contributed by atoms with Crippen molar-refractivity contribution in [2.45, 2.75) is 13.8 Å². The molecule has 82 valence electrons. The molecule has 1 N–H and O–H groups in total. The van der Waals surface area contributed by atoms with E-state index in [2.05, 4.69) is 20.3 Å². The maximum atomic E-state index is 4.28. The minimum atomic E-state index is 0.714. The van der Waals surface area contributed by atoms with Crippen LogP contribution in [0.25, 0.3) is 17.4 Å². The van der Waals surface area contributed by atoms with Crippen molar-refractivity contribution in [3.8, 4) is 0 Å². The maximum Gasteiger partial charge on any atom is 0.169 e. The molecule has 0 aliphatic carbocycles. The molecule has 2 aromatic heterocycles. The van der Waals surface area contributed by atoms with Gasteiger partial charge in [0.15, 0.2) is 17.0 Å². The number of aromatic nitrogens is 4. The Kier molecular flexibility index (Phi) is 2.95. The molecular formula is C11H13N5. The zero-order valence-electron chi connectivity index (χ0n) is 9.25. The van der Waals surface area contributed by atoms with Crippen molar-refractivity contribution in [3.63, 3.8) is 0 Å². The van der Waals surface area contributed by atoms with Crippen molar-refractivity contribution < 1.29 is 0 Å². The summed E-state index contributed by atoms with van der Waals surface area (Å²) in [7, 11) is 0. The van der Waals surface area contributed by atoms with Crippen LogP contribution in [0, 0.1) is 0 Å². The molecule has 0 saturated carbocycles. The Labute approximate surface area is 93.6 Å². The molecule has 0 radical (unpaired) electrons. The Bertz CT molecular complexity index is 538. The Morgan fingerprint density at radius 1 is 1.19 bits per heavy atom. The van der Waals surface area contributed by atoms with E-state index in [9.17, 15) is 0 Å².